The molecule has 0 aromatic rings. The molecule has 76 valence electrons. The predicted molar refractivity (Wildman–Crippen MR) is 50.4 cm³/mol. The van der Waals surface area contributed by atoms with Crippen molar-refractivity contribution in [3.05, 3.63) is 0 Å². The molecule has 13 heavy (non-hydrogen) atoms. The van der Waals surface area contributed by atoms with E-state index in [1.54, 1.807) is 7.05 Å². The molecule has 0 rings (SSSR count). The van der Waals surface area contributed by atoms with Crippen molar-refractivity contribution in [2.45, 2.75) is 18.9 Å². The van der Waals surface area contributed by atoms with Gasteiger partial charge in [-0.2, -0.15) is 0 Å². The highest BCUT2D eigenvalue weighted by Gasteiger charge is 2.09. The summed E-state index contributed by atoms with van der Waals surface area (Å²) in [5, 5.41) is 11.4. The second-order valence-corrected chi connectivity index (χ2v) is 2.68. The Balaban J connectivity index is 3.72. The van der Waals surface area contributed by atoms with Gasteiger partial charge in [-0.25, -0.2) is 0 Å². The van der Waals surface area contributed by atoms with Crippen molar-refractivity contribution in [3.63, 3.8) is 0 Å². The summed E-state index contributed by atoms with van der Waals surface area (Å²) in [6, 6.07) is -0.0828. The molecule has 6 nitrogen and oxygen atoms in total. The first kappa shape index (κ1) is 11.7. The minimum Gasteiger partial charge on any atom is -0.481 e. The third-order valence-corrected chi connectivity index (χ3v) is 1.60. The zero-order valence-electron chi connectivity index (χ0n) is 7.66. The van der Waals surface area contributed by atoms with E-state index in [0.29, 0.717) is 13.0 Å². The van der Waals surface area contributed by atoms with Gasteiger partial charge in [0.05, 0.1) is 6.42 Å². The summed E-state index contributed by atoms with van der Waals surface area (Å²) in [5.41, 5.74) is 10.2. The molecule has 0 aliphatic rings. The number of aliphatic carboxylic acids is 1. The van der Waals surface area contributed by atoms with Crippen LogP contribution in [0.4, 0.5) is 0 Å². The first-order valence-corrected chi connectivity index (χ1v) is 4.00. The van der Waals surface area contributed by atoms with Crippen molar-refractivity contribution in [1.29, 1.82) is 0 Å². The molecular weight excluding hydrogens is 172 g/mol. The van der Waals surface area contributed by atoms with E-state index in [1.807, 2.05) is 0 Å². The fourth-order valence-corrected chi connectivity index (χ4v) is 0.909. The van der Waals surface area contributed by atoms with E-state index < -0.39 is 5.97 Å². The topological polar surface area (TPSA) is 114 Å². The fraction of sp³-hybridized carbons (Fsp3) is 0.714. The monoisotopic (exact) mass is 188 g/mol. The van der Waals surface area contributed by atoms with Gasteiger partial charge in [0, 0.05) is 12.6 Å². The smallest absolute Gasteiger partial charge is 0.304 e. The molecule has 0 saturated carbocycles. The number of guanidine groups is 1. The van der Waals surface area contributed by atoms with Crippen LogP contribution in [0, 0.1) is 0 Å². The van der Waals surface area contributed by atoms with Gasteiger partial charge in [0.1, 0.15) is 0 Å². The zero-order chi connectivity index (χ0) is 10.3. The highest BCUT2D eigenvalue weighted by Crippen LogP contribution is 1.97. The lowest BCUT2D eigenvalue weighted by Crippen LogP contribution is -2.29. The van der Waals surface area contributed by atoms with Crippen molar-refractivity contribution >= 4 is 11.9 Å². The van der Waals surface area contributed by atoms with Crippen LogP contribution in [0.5, 0.6) is 0 Å². The van der Waals surface area contributed by atoms with Crippen LogP contribution in [-0.2, 0) is 4.79 Å². The molecule has 0 radical (unpaired) electrons. The Bertz CT molecular complexity index is 189. The van der Waals surface area contributed by atoms with Crippen LogP contribution in [0.3, 0.4) is 0 Å². The second-order valence-electron chi connectivity index (χ2n) is 2.68. The number of hydrogen-bond acceptors (Lipinski definition) is 3. The number of hydrogen-bond donors (Lipinski definition) is 4. The highest BCUT2D eigenvalue weighted by molar-refractivity contribution is 5.75. The lowest BCUT2D eigenvalue weighted by atomic mass is 10.1. The fourth-order valence-electron chi connectivity index (χ4n) is 0.909. The van der Waals surface area contributed by atoms with Crippen LogP contribution in [-0.4, -0.2) is 36.7 Å². The van der Waals surface area contributed by atoms with Crippen molar-refractivity contribution in [2.75, 3.05) is 13.6 Å². The largest absolute Gasteiger partial charge is 0.481 e. The molecule has 0 amide bonds. The Morgan fingerprint density at radius 1 is 1.62 bits per heavy atom. The van der Waals surface area contributed by atoms with Gasteiger partial charge in [0.15, 0.2) is 5.96 Å². The summed E-state index contributed by atoms with van der Waals surface area (Å²) in [4.78, 5) is 14.1. The van der Waals surface area contributed by atoms with Crippen LogP contribution in [0.15, 0.2) is 4.99 Å². The van der Waals surface area contributed by atoms with Crippen LogP contribution in [0.2, 0.25) is 0 Å². The third-order valence-electron chi connectivity index (χ3n) is 1.60. The number of nitrogens with zero attached hydrogens (tertiary/aromatic N) is 1. The van der Waals surface area contributed by atoms with E-state index in [4.69, 9.17) is 16.6 Å². The lowest BCUT2D eigenvalue weighted by Gasteiger charge is -2.11. The van der Waals surface area contributed by atoms with Gasteiger partial charge in [-0.05, 0) is 13.5 Å². The Kier molecular flexibility index (Phi) is 5.62. The van der Waals surface area contributed by atoms with Crippen LogP contribution >= 0.6 is 0 Å². The first-order chi connectivity index (χ1) is 6.06. The summed E-state index contributed by atoms with van der Waals surface area (Å²) < 4.78 is 0. The van der Waals surface area contributed by atoms with Crippen molar-refractivity contribution in [3.8, 4) is 0 Å². The number of carboxylic acid groups (broad SMARTS) is 1. The standard InChI is InChI=1S/C7H16N4O2/c1-10-5(4-6(12)13)2-3-11-7(8)9/h5,10H,2-4H2,1H3,(H,12,13)(H4,8,9,11). The molecule has 0 fully saturated rings. The van der Waals surface area contributed by atoms with Crippen LogP contribution < -0.4 is 16.8 Å². The third kappa shape index (κ3) is 7.07. The van der Waals surface area contributed by atoms with E-state index in [1.165, 1.54) is 0 Å². The number of rotatable bonds is 6. The predicted octanol–water partition coefficient (Wildman–Crippen LogP) is -1.29. The number of nitrogens with two attached hydrogens (primary N) is 2. The molecule has 0 aliphatic carbocycles. The van der Waals surface area contributed by atoms with E-state index >= 15 is 0 Å². The molecule has 0 aliphatic heterocycles. The van der Waals surface area contributed by atoms with Gasteiger partial charge in [0.2, 0.25) is 0 Å². The van der Waals surface area contributed by atoms with E-state index in [2.05, 4.69) is 10.3 Å². The summed E-state index contributed by atoms with van der Waals surface area (Å²) in [6.07, 6.45) is 0.692. The Hall–Kier alpha value is -1.30. The van der Waals surface area contributed by atoms with Gasteiger partial charge < -0.3 is 21.9 Å². The summed E-state index contributed by atoms with van der Waals surface area (Å²) in [7, 11) is 1.71. The molecule has 0 heterocycles. The quantitative estimate of drug-likeness (QED) is 0.306. The molecule has 1 unspecified atom stereocenters. The maximum Gasteiger partial charge on any atom is 0.304 e. The maximum atomic E-state index is 10.3. The van der Waals surface area contributed by atoms with Gasteiger partial charge in [0.25, 0.3) is 0 Å². The summed E-state index contributed by atoms with van der Waals surface area (Å²) >= 11 is 0. The lowest BCUT2D eigenvalue weighted by molar-refractivity contribution is -0.137. The Labute approximate surface area is 77.0 Å². The average Bonchev–Trinajstić information content (AvgIpc) is 2.01. The van der Waals surface area contributed by atoms with Gasteiger partial charge in [-0.3, -0.25) is 9.79 Å². The molecule has 0 aromatic heterocycles. The van der Waals surface area contributed by atoms with Crippen molar-refractivity contribution in [2.24, 2.45) is 16.5 Å². The average molecular weight is 188 g/mol. The number of aliphatic imine (C=N–C) groups is 1. The minimum atomic E-state index is -0.830. The summed E-state index contributed by atoms with van der Waals surface area (Å²) in [5.74, 6) is -0.797. The normalized spacial score (nSPS) is 12.1. The molecule has 0 spiro atoms. The van der Waals surface area contributed by atoms with Crippen molar-refractivity contribution in [1.82, 2.24) is 5.32 Å². The molecule has 0 aromatic carbocycles. The highest BCUT2D eigenvalue weighted by atomic mass is 16.4. The maximum absolute atomic E-state index is 10.3. The number of nitrogens with one attached hydrogen (secondary N) is 1. The molecule has 0 bridgehead atoms. The van der Waals surface area contributed by atoms with Gasteiger partial charge in [-0.15, -0.1) is 0 Å². The molecular formula is C7H16N4O2. The van der Waals surface area contributed by atoms with Gasteiger partial charge in [-0.1, -0.05) is 0 Å². The molecule has 0 saturated heterocycles. The Morgan fingerprint density at radius 2 is 2.23 bits per heavy atom. The molecule has 6 N–H and O–H groups in total. The van der Waals surface area contributed by atoms with Crippen molar-refractivity contribution < 1.29 is 9.90 Å². The minimum absolute atomic E-state index is 0.0326. The van der Waals surface area contributed by atoms with Crippen LogP contribution in [0.1, 0.15) is 12.8 Å². The van der Waals surface area contributed by atoms with E-state index in [-0.39, 0.29) is 18.4 Å². The SMILES string of the molecule is CNC(CCN=C(N)N)CC(=O)O. The molecule has 1 atom stereocenters. The Morgan fingerprint density at radius 3 is 2.62 bits per heavy atom. The summed E-state index contributed by atoms with van der Waals surface area (Å²) in [6.45, 7) is 0.446. The first-order valence-electron chi connectivity index (χ1n) is 4.00. The zero-order valence-corrected chi connectivity index (χ0v) is 7.66. The second kappa shape index (κ2) is 6.24. The number of carboxylic acids is 1. The molecule has 6 heteroatoms. The van der Waals surface area contributed by atoms with E-state index in [9.17, 15) is 4.79 Å². The van der Waals surface area contributed by atoms with Crippen LogP contribution in [0.25, 0.3) is 0 Å². The van der Waals surface area contributed by atoms with E-state index in [0.717, 1.165) is 0 Å². The van der Waals surface area contributed by atoms with Gasteiger partial charge >= 0.3 is 5.97 Å². The number of carbonyl (C=O) groups is 1.